The molecule has 2 aliphatic rings. The third kappa shape index (κ3) is 6.30. The number of aromatic amines is 1. The Kier molecular flexibility index (Phi) is 8.53. The number of H-pyrrole nitrogens is 1. The van der Waals surface area contributed by atoms with Crippen molar-refractivity contribution in [3.8, 4) is 39.1 Å². The van der Waals surface area contributed by atoms with Gasteiger partial charge in [0.1, 0.15) is 0 Å². The second kappa shape index (κ2) is 13.5. The zero-order valence-electron chi connectivity index (χ0n) is 28.4. The molecule has 0 spiro atoms. The van der Waals surface area contributed by atoms with Crippen LogP contribution in [0.15, 0.2) is 127 Å². The van der Waals surface area contributed by atoms with E-state index in [-0.39, 0.29) is 21.1 Å². The molecular weight excluding hydrogens is 836 g/mol. The van der Waals surface area contributed by atoms with E-state index in [1.165, 1.54) is 0 Å². The molecule has 4 aromatic carbocycles. The van der Waals surface area contributed by atoms with Crippen molar-refractivity contribution in [2.24, 2.45) is 0 Å². The van der Waals surface area contributed by atoms with E-state index in [0.717, 1.165) is 83.9 Å². The van der Waals surface area contributed by atoms with Gasteiger partial charge in [-0.15, -0.1) is 0 Å². The molecule has 0 radical (unpaired) electrons. The van der Waals surface area contributed by atoms with E-state index in [9.17, 15) is 0 Å². The van der Waals surface area contributed by atoms with Crippen LogP contribution in [-0.2, 0) is 21.1 Å². The summed E-state index contributed by atoms with van der Waals surface area (Å²) in [6.07, 6.45) is 8.21. The predicted molar refractivity (Wildman–Crippen MR) is 218 cm³/mol. The van der Waals surface area contributed by atoms with Crippen molar-refractivity contribution in [2.45, 2.75) is 0 Å². The summed E-state index contributed by atoms with van der Waals surface area (Å²) >= 11 is 0. The van der Waals surface area contributed by atoms with Gasteiger partial charge in [0, 0.05) is 77.2 Å². The molecule has 0 saturated heterocycles. The quantitative estimate of drug-likeness (QED) is 0.111. The molecule has 260 valence electrons. The average Bonchev–Trinajstić information content (AvgIpc) is 3.95. The number of nitrogens with two attached hydrogens (primary N) is 4. The normalized spacial score (nSPS) is 11.8. The smallest absolute Gasteiger partial charge is 0.0737 e. The van der Waals surface area contributed by atoms with Gasteiger partial charge in [0.25, 0.3) is 0 Å². The van der Waals surface area contributed by atoms with Crippen molar-refractivity contribution in [2.75, 3.05) is 22.9 Å². The van der Waals surface area contributed by atoms with Crippen molar-refractivity contribution in [3.63, 3.8) is 0 Å². The molecule has 0 fully saturated rings. The molecule has 0 atom stereocenters. The van der Waals surface area contributed by atoms with Crippen LogP contribution in [0.1, 0.15) is 22.8 Å². The minimum absolute atomic E-state index is 0. The summed E-state index contributed by atoms with van der Waals surface area (Å²) in [5, 5.41) is 0. The first-order valence-corrected chi connectivity index (χ1v) is 17.0. The van der Waals surface area contributed by atoms with Crippen molar-refractivity contribution in [3.05, 3.63) is 150 Å². The van der Waals surface area contributed by atoms with Crippen LogP contribution in [0.4, 0.5) is 22.7 Å². The molecule has 8 bridgehead atoms. The Labute approximate surface area is 320 Å². The Hall–Kier alpha value is -6.63. The molecule has 3 aromatic heterocycles. The molecule has 8 nitrogen and oxygen atoms in total. The van der Waals surface area contributed by atoms with Gasteiger partial charge in [-0.05, 0) is 132 Å². The maximum absolute atomic E-state index is 6.29. The molecule has 2 aliphatic heterocycles. The fourth-order valence-electron chi connectivity index (χ4n) is 6.99. The number of rotatable bonds is 4. The van der Waals surface area contributed by atoms with Gasteiger partial charge in [-0.1, -0.05) is 36.4 Å². The topological polar surface area (TPSA) is 151 Å². The van der Waals surface area contributed by atoms with E-state index in [1.807, 2.05) is 91.0 Å². The largest absolute Gasteiger partial charge is 0.399 e. The van der Waals surface area contributed by atoms with Gasteiger partial charge < -0.3 is 32.5 Å². The number of hydrogen-bond acceptors (Lipinski definition) is 6. The Morgan fingerprint density at radius 2 is 0.868 bits per heavy atom. The Morgan fingerprint density at radius 3 is 1.42 bits per heavy atom. The minimum Gasteiger partial charge on any atom is -0.399 e. The SMILES string of the molecule is Nc1ccc(-c2c(-c3ccc(N)cc3)c3c(-c4ccc(N)cc4)c4nc(cc5ccc(cc6nc(cc2n3-c2ccc(N)cc2)C=C6)[nH]5)C=C4)cc1.[Pt]. The van der Waals surface area contributed by atoms with E-state index >= 15 is 0 Å². The average molecular weight is 870 g/mol. The standard InChI is InChI=1S/C44H34N8.Pt/c45-29-7-1-26(2-8-29)41-39-22-19-36(51-39)24-35-16-15-33(49-35)23-34-17-18-37(50-34)25-40-42(27-3-9-30(46)10-4-27)43(28-5-11-31(47)12-6-28)44(41)52(40)38-20-13-32(48)14-21-38;/h1-25,49H,45-48H2;. The molecule has 9 heteroatoms. The van der Waals surface area contributed by atoms with E-state index in [4.69, 9.17) is 32.9 Å². The summed E-state index contributed by atoms with van der Waals surface area (Å²) in [6.45, 7) is 0. The zero-order valence-corrected chi connectivity index (χ0v) is 30.7. The number of benzene rings is 4. The minimum atomic E-state index is 0. The van der Waals surface area contributed by atoms with E-state index in [1.54, 1.807) is 0 Å². The van der Waals surface area contributed by atoms with Crippen LogP contribution in [0.5, 0.6) is 0 Å². The summed E-state index contributed by atoms with van der Waals surface area (Å²) in [6, 6.07) is 42.3. The van der Waals surface area contributed by atoms with Crippen LogP contribution in [0, 0.1) is 0 Å². The second-order valence-electron chi connectivity index (χ2n) is 13.0. The maximum atomic E-state index is 6.29. The first kappa shape index (κ1) is 33.5. The third-order valence-electron chi connectivity index (χ3n) is 9.42. The molecule has 9 rings (SSSR count). The van der Waals surface area contributed by atoms with E-state index in [0.29, 0.717) is 22.7 Å². The summed E-state index contributed by atoms with van der Waals surface area (Å²) in [4.78, 5) is 13.8. The second-order valence-corrected chi connectivity index (χ2v) is 13.0. The van der Waals surface area contributed by atoms with Crippen LogP contribution in [-0.4, -0.2) is 19.5 Å². The number of aromatic nitrogens is 4. The van der Waals surface area contributed by atoms with Crippen molar-refractivity contribution in [1.29, 1.82) is 0 Å². The number of nitrogens with zero attached hydrogens (tertiary/aromatic N) is 3. The first-order valence-electron chi connectivity index (χ1n) is 17.0. The number of anilines is 4. The number of hydrogen-bond donors (Lipinski definition) is 5. The van der Waals surface area contributed by atoms with Crippen LogP contribution in [0.25, 0.3) is 85.4 Å². The monoisotopic (exact) mass is 869 g/mol. The predicted octanol–water partition coefficient (Wildman–Crippen LogP) is 9.45. The van der Waals surface area contributed by atoms with E-state index in [2.05, 4.69) is 70.2 Å². The van der Waals surface area contributed by atoms with Gasteiger partial charge in [-0.25, -0.2) is 9.97 Å². The molecule has 7 aromatic rings. The van der Waals surface area contributed by atoms with Gasteiger partial charge in [-0.2, -0.15) is 0 Å². The Balaban J connectivity index is 0.00000400. The van der Waals surface area contributed by atoms with Gasteiger partial charge >= 0.3 is 0 Å². The zero-order chi connectivity index (χ0) is 35.3. The van der Waals surface area contributed by atoms with Gasteiger partial charge in [0.2, 0.25) is 0 Å². The van der Waals surface area contributed by atoms with Gasteiger partial charge in [0.05, 0.1) is 33.8 Å². The maximum Gasteiger partial charge on any atom is 0.0737 e. The van der Waals surface area contributed by atoms with Crippen molar-refractivity contribution >= 4 is 69.1 Å². The molecule has 53 heavy (non-hydrogen) atoms. The molecular formula is C44H34N8Pt. The Morgan fingerprint density at radius 1 is 0.434 bits per heavy atom. The van der Waals surface area contributed by atoms with E-state index < -0.39 is 0 Å². The number of nitrogens with one attached hydrogen (secondary N) is 1. The van der Waals surface area contributed by atoms with Gasteiger partial charge in [-0.3, -0.25) is 0 Å². The molecule has 5 heterocycles. The molecule has 0 unspecified atom stereocenters. The molecule has 9 N–H and O–H groups in total. The van der Waals surface area contributed by atoms with Crippen LogP contribution < -0.4 is 22.9 Å². The van der Waals surface area contributed by atoms with Crippen molar-refractivity contribution < 1.29 is 21.1 Å². The van der Waals surface area contributed by atoms with Crippen LogP contribution in [0.3, 0.4) is 0 Å². The summed E-state index contributed by atoms with van der Waals surface area (Å²) < 4.78 is 2.29. The summed E-state index contributed by atoms with van der Waals surface area (Å²) in [5.41, 5.74) is 41.6. The summed E-state index contributed by atoms with van der Waals surface area (Å²) in [7, 11) is 0. The van der Waals surface area contributed by atoms with Crippen LogP contribution in [0.2, 0.25) is 0 Å². The number of fused-ring (bicyclic) bond motifs is 8. The van der Waals surface area contributed by atoms with Crippen LogP contribution >= 0.6 is 0 Å². The number of nitrogen functional groups attached to an aromatic ring is 4. The molecule has 0 saturated carbocycles. The molecule has 0 aliphatic carbocycles. The van der Waals surface area contributed by atoms with Crippen molar-refractivity contribution in [1.82, 2.24) is 19.5 Å². The first-order chi connectivity index (χ1) is 25.4. The third-order valence-corrected chi connectivity index (χ3v) is 9.42. The fraction of sp³-hybridized carbons (Fsp3) is 0. The molecule has 0 amide bonds. The summed E-state index contributed by atoms with van der Waals surface area (Å²) in [5.74, 6) is 0. The fourth-order valence-corrected chi connectivity index (χ4v) is 6.99. The van der Waals surface area contributed by atoms with Gasteiger partial charge in [0.15, 0.2) is 0 Å². The Bertz CT molecular complexity index is 2740.